The van der Waals surface area contributed by atoms with Crippen LogP contribution in [0.15, 0.2) is 0 Å². The van der Waals surface area contributed by atoms with Crippen molar-refractivity contribution >= 4 is 0 Å². The van der Waals surface area contributed by atoms with Crippen molar-refractivity contribution in [2.75, 3.05) is 33.4 Å². The van der Waals surface area contributed by atoms with Gasteiger partial charge in [-0.25, -0.2) is 0 Å². The molecule has 2 fully saturated rings. The van der Waals surface area contributed by atoms with E-state index in [9.17, 15) is 0 Å². The van der Waals surface area contributed by atoms with Crippen molar-refractivity contribution in [3.05, 3.63) is 0 Å². The maximum atomic E-state index is 8.98. The van der Waals surface area contributed by atoms with Crippen LogP contribution >= 0.6 is 0 Å². The highest BCUT2D eigenvalue weighted by molar-refractivity contribution is 4.92. The van der Waals surface area contributed by atoms with Gasteiger partial charge in [0.05, 0.1) is 19.3 Å². The van der Waals surface area contributed by atoms with E-state index in [0.29, 0.717) is 6.61 Å². The van der Waals surface area contributed by atoms with Crippen molar-refractivity contribution in [3.63, 3.8) is 0 Å². The smallest absolute Gasteiger partial charge is 0.122 e. The average molecular weight is 186 g/mol. The summed E-state index contributed by atoms with van der Waals surface area (Å²) in [4.78, 5) is 2.31. The Morgan fingerprint density at radius 3 is 2.77 bits per heavy atom. The molecule has 2 aliphatic heterocycles. The second-order valence-electron chi connectivity index (χ2n) is 4.13. The van der Waals surface area contributed by atoms with Crippen molar-refractivity contribution in [1.29, 1.82) is 0 Å². The van der Waals surface area contributed by atoms with Gasteiger partial charge in [-0.3, -0.25) is 5.32 Å². The van der Waals surface area contributed by atoms with Gasteiger partial charge in [-0.1, -0.05) is 0 Å². The molecule has 0 saturated carbocycles. The monoisotopic (exact) mass is 186 g/mol. The number of hydrogen-bond donors (Lipinski definition) is 2. The minimum atomic E-state index is -0.125. The molecule has 4 heteroatoms. The summed E-state index contributed by atoms with van der Waals surface area (Å²) in [6.07, 6.45) is 2.06. The minimum absolute atomic E-state index is 0.125. The number of aliphatic hydroxyl groups excluding tert-OH is 1. The van der Waals surface area contributed by atoms with Gasteiger partial charge in [0.2, 0.25) is 0 Å². The molecule has 2 heterocycles. The Balaban J connectivity index is 1.92. The first-order valence-electron chi connectivity index (χ1n) is 4.95. The van der Waals surface area contributed by atoms with Gasteiger partial charge in [0, 0.05) is 25.9 Å². The van der Waals surface area contributed by atoms with Gasteiger partial charge in [0.25, 0.3) is 0 Å². The normalized spacial score (nSPS) is 34.2. The Morgan fingerprint density at radius 2 is 2.23 bits per heavy atom. The molecule has 0 aliphatic carbocycles. The molecule has 13 heavy (non-hydrogen) atoms. The van der Waals surface area contributed by atoms with Crippen molar-refractivity contribution in [2.45, 2.75) is 24.6 Å². The van der Waals surface area contributed by atoms with E-state index in [-0.39, 0.29) is 18.4 Å². The Bertz CT molecular complexity index is 178. The Hall–Kier alpha value is -0.160. The zero-order valence-corrected chi connectivity index (χ0v) is 8.12. The Labute approximate surface area is 78.9 Å². The molecule has 0 aromatic carbocycles. The van der Waals surface area contributed by atoms with Gasteiger partial charge in [-0.2, -0.15) is 0 Å². The quantitative estimate of drug-likeness (QED) is 0.573. The number of piperidine rings is 1. The number of nitrogens with one attached hydrogen (secondary N) is 1. The molecule has 0 bridgehead atoms. The fraction of sp³-hybridized carbons (Fsp3) is 1.00. The fourth-order valence-corrected chi connectivity index (χ4v) is 2.08. The number of hydrogen-bond acceptors (Lipinski definition) is 4. The lowest BCUT2D eigenvalue weighted by Gasteiger charge is -2.37. The average Bonchev–Trinajstić information content (AvgIpc) is 2.55. The van der Waals surface area contributed by atoms with Crippen LogP contribution in [0.3, 0.4) is 0 Å². The maximum Gasteiger partial charge on any atom is 0.122 e. The van der Waals surface area contributed by atoms with Gasteiger partial charge in [-0.05, 0) is 7.05 Å². The molecule has 0 amide bonds. The summed E-state index contributed by atoms with van der Waals surface area (Å²) in [6.45, 7) is 2.98. The van der Waals surface area contributed by atoms with E-state index in [1.807, 2.05) is 0 Å². The van der Waals surface area contributed by atoms with Gasteiger partial charge in [0.15, 0.2) is 0 Å². The summed E-state index contributed by atoms with van der Waals surface area (Å²) in [7, 11) is 2.13. The first kappa shape index (κ1) is 9.40. The summed E-state index contributed by atoms with van der Waals surface area (Å²) in [6, 6.07) is 0.142. The van der Waals surface area contributed by atoms with Gasteiger partial charge >= 0.3 is 0 Å². The molecule has 1 atom stereocenters. The molecule has 1 spiro atoms. The molecule has 2 saturated heterocycles. The lowest BCUT2D eigenvalue weighted by atomic mass is 10.0. The largest absolute Gasteiger partial charge is 0.395 e. The lowest BCUT2D eigenvalue weighted by molar-refractivity contribution is -0.0523. The molecule has 2 N–H and O–H groups in total. The van der Waals surface area contributed by atoms with Crippen molar-refractivity contribution < 1.29 is 9.84 Å². The van der Waals surface area contributed by atoms with Gasteiger partial charge in [0.1, 0.15) is 5.72 Å². The van der Waals surface area contributed by atoms with Crippen molar-refractivity contribution in [3.8, 4) is 0 Å². The minimum Gasteiger partial charge on any atom is -0.395 e. The molecule has 2 rings (SSSR count). The van der Waals surface area contributed by atoms with Crippen LogP contribution in [0.5, 0.6) is 0 Å². The van der Waals surface area contributed by atoms with E-state index in [0.717, 1.165) is 25.9 Å². The molecular weight excluding hydrogens is 168 g/mol. The molecule has 4 nitrogen and oxygen atoms in total. The van der Waals surface area contributed by atoms with Crippen molar-refractivity contribution in [2.24, 2.45) is 0 Å². The SMILES string of the molecule is CN1CCC2(CC1)NC(CO)CO2. The third-order valence-corrected chi connectivity index (χ3v) is 3.04. The Morgan fingerprint density at radius 1 is 1.54 bits per heavy atom. The number of rotatable bonds is 1. The van der Waals surface area contributed by atoms with Gasteiger partial charge in [-0.15, -0.1) is 0 Å². The van der Waals surface area contributed by atoms with E-state index >= 15 is 0 Å². The predicted octanol–water partition coefficient (Wildman–Crippen LogP) is -0.611. The molecule has 76 valence electrons. The molecule has 0 radical (unpaired) electrons. The number of aliphatic hydroxyl groups is 1. The number of likely N-dealkylation sites (tertiary alicyclic amines) is 1. The summed E-state index contributed by atoms with van der Waals surface area (Å²) in [5, 5.41) is 12.4. The highest BCUT2D eigenvalue weighted by Crippen LogP contribution is 2.27. The van der Waals surface area contributed by atoms with E-state index in [2.05, 4.69) is 17.3 Å². The third-order valence-electron chi connectivity index (χ3n) is 3.04. The van der Waals surface area contributed by atoms with Crippen LogP contribution in [-0.2, 0) is 4.74 Å². The first-order valence-corrected chi connectivity index (χ1v) is 4.95. The first-order chi connectivity index (χ1) is 6.24. The molecular formula is C9H18N2O2. The molecule has 1 unspecified atom stereocenters. The van der Waals surface area contributed by atoms with Crippen LogP contribution in [-0.4, -0.2) is 55.1 Å². The number of nitrogens with zero attached hydrogens (tertiary/aromatic N) is 1. The predicted molar refractivity (Wildman–Crippen MR) is 49.4 cm³/mol. The summed E-state index contributed by atoms with van der Waals surface area (Å²) >= 11 is 0. The maximum absolute atomic E-state index is 8.98. The standard InChI is InChI=1S/C9H18N2O2/c1-11-4-2-9(3-5-11)10-8(6-12)7-13-9/h8,10,12H,2-7H2,1H3. The highest BCUT2D eigenvalue weighted by atomic mass is 16.5. The second-order valence-corrected chi connectivity index (χ2v) is 4.13. The molecule has 2 aliphatic rings. The number of ether oxygens (including phenoxy) is 1. The van der Waals surface area contributed by atoms with Crippen LogP contribution in [0.2, 0.25) is 0 Å². The third kappa shape index (κ3) is 1.86. The lowest BCUT2D eigenvalue weighted by Crippen LogP contribution is -2.52. The van der Waals surface area contributed by atoms with E-state index < -0.39 is 0 Å². The van der Waals surface area contributed by atoms with Crippen LogP contribution < -0.4 is 5.32 Å². The Kier molecular flexibility index (Phi) is 2.55. The van der Waals surface area contributed by atoms with Crippen LogP contribution in [0.1, 0.15) is 12.8 Å². The second kappa shape index (κ2) is 3.53. The van der Waals surface area contributed by atoms with E-state index in [1.165, 1.54) is 0 Å². The van der Waals surface area contributed by atoms with Crippen LogP contribution in [0.25, 0.3) is 0 Å². The van der Waals surface area contributed by atoms with Crippen molar-refractivity contribution in [1.82, 2.24) is 10.2 Å². The molecule has 0 aromatic rings. The highest BCUT2D eigenvalue weighted by Gasteiger charge is 2.41. The zero-order valence-electron chi connectivity index (χ0n) is 8.12. The van der Waals surface area contributed by atoms with Crippen LogP contribution in [0.4, 0.5) is 0 Å². The van der Waals surface area contributed by atoms with Crippen LogP contribution in [0, 0.1) is 0 Å². The van der Waals surface area contributed by atoms with E-state index in [1.54, 1.807) is 0 Å². The summed E-state index contributed by atoms with van der Waals surface area (Å²) in [5.74, 6) is 0. The topological polar surface area (TPSA) is 44.7 Å². The summed E-state index contributed by atoms with van der Waals surface area (Å²) in [5.41, 5.74) is -0.125. The summed E-state index contributed by atoms with van der Waals surface area (Å²) < 4.78 is 5.74. The fourth-order valence-electron chi connectivity index (χ4n) is 2.08. The van der Waals surface area contributed by atoms with Gasteiger partial charge < -0.3 is 14.7 Å². The zero-order chi connectivity index (χ0) is 9.31. The van der Waals surface area contributed by atoms with E-state index in [4.69, 9.17) is 9.84 Å². The molecule has 0 aromatic heterocycles.